The number of hydrogen-bond donors (Lipinski definition) is 0. The van der Waals surface area contributed by atoms with E-state index in [1.807, 2.05) is 0 Å². The Bertz CT molecular complexity index is 1070. The van der Waals surface area contributed by atoms with Crippen molar-refractivity contribution in [2.45, 2.75) is 12.8 Å². The Labute approximate surface area is 169 Å². The van der Waals surface area contributed by atoms with Crippen LogP contribution in [0.15, 0.2) is 47.2 Å². The number of ether oxygens (including phenoxy) is 2. The summed E-state index contributed by atoms with van der Waals surface area (Å²) in [7, 11) is 1.14. The summed E-state index contributed by atoms with van der Waals surface area (Å²) in [6, 6.07) is 6.79. The van der Waals surface area contributed by atoms with Crippen LogP contribution in [0.5, 0.6) is 0 Å². The van der Waals surface area contributed by atoms with Crippen molar-refractivity contribution in [2.75, 3.05) is 13.7 Å². The van der Waals surface area contributed by atoms with E-state index in [1.54, 1.807) is 24.5 Å². The summed E-state index contributed by atoms with van der Waals surface area (Å²) in [4.78, 5) is 42.4. The Morgan fingerprint density at radius 2 is 1.97 bits per heavy atom. The molecule has 30 heavy (non-hydrogen) atoms. The molecule has 11 nitrogen and oxygen atoms in total. The number of carbonyl (C=O) groups excluding carboxylic acids is 2. The number of carbonyl (C=O) groups is 2. The Morgan fingerprint density at radius 1 is 1.20 bits per heavy atom. The topological polar surface area (TPSA) is 148 Å². The number of rotatable bonds is 8. The Kier molecular flexibility index (Phi) is 6.42. The van der Waals surface area contributed by atoms with Crippen LogP contribution in [-0.4, -0.2) is 45.7 Å². The summed E-state index contributed by atoms with van der Waals surface area (Å²) in [5, 5.41) is 14.9. The molecule has 0 aliphatic rings. The van der Waals surface area contributed by atoms with Gasteiger partial charge in [-0.25, -0.2) is 9.59 Å². The third kappa shape index (κ3) is 5.01. The molecule has 2 heterocycles. The molecule has 0 spiro atoms. The number of nitrogens with zero attached hydrogens (tertiary/aromatic N) is 4. The van der Waals surface area contributed by atoms with E-state index in [1.165, 1.54) is 6.07 Å². The first kappa shape index (κ1) is 20.6. The number of aryl methyl sites for hydroxylation is 1. The Morgan fingerprint density at radius 3 is 2.63 bits per heavy atom. The molecule has 2 aromatic heterocycles. The number of non-ortho nitro benzene ring substituents is 1. The summed E-state index contributed by atoms with van der Waals surface area (Å²) in [6.45, 7) is 0.0136. The van der Waals surface area contributed by atoms with E-state index < -0.39 is 22.5 Å². The Hall–Kier alpha value is -4.15. The van der Waals surface area contributed by atoms with Gasteiger partial charge < -0.3 is 14.0 Å². The van der Waals surface area contributed by atoms with Gasteiger partial charge in [0, 0.05) is 36.5 Å². The number of esters is 2. The molecule has 0 bridgehead atoms. The van der Waals surface area contributed by atoms with Gasteiger partial charge in [-0.1, -0.05) is 5.16 Å². The zero-order valence-electron chi connectivity index (χ0n) is 15.8. The third-order valence-electron chi connectivity index (χ3n) is 3.94. The van der Waals surface area contributed by atoms with Crippen LogP contribution < -0.4 is 0 Å². The third-order valence-corrected chi connectivity index (χ3v) is 3.94. The lowest BCUT2D eigenvalue weighted by Crippen LogP contribution is -2.10. The molecule has 0 N–H and O–H groups in total. The second kappa shape index (κ2) is 9.37. The van der Waals surface area contributed by atoms with Gasteiger partial charge in [0.15, 0.2) is 0 Å². The molecule has 0 fully saturated rings. The van der Waals surface area contributed by atoms with Crippen LogP contribution >= 0.6 is 0 Å². The monoisotopic (exact) mass is 412 g/mol. The van der Waals surface area contributed by atoms with Crippen LogP contribution in [0.25, 0.3) is 11.4 Å². The second-order valence-corrected chi connectivity index (χ2v) is 6.01. The number of pyridine rings is 1. The fourth-order valence-corrected chi connectivity index (χ4v) is 2.51. The van der Waals surface area contributed by atoms with Gasteiger partial charge in [0.05, 0.1) is 29.8 Å². The molecule has 154 valence electrons. The van der Waals surface area contributed by atoms with Crippen LogP contribution in [0.4, 0.5) is 5.69 Å². The minimum atomic E-state index is -0.801. The first-order valence-electron chi connectivity index (χ1n) is 8.76. The highest BCUT2D eigenvalue weighted by Crippen LogP contribution is 2.19. The van der Waals surface area contributed by atoms with Crippen molar-refractivity contribution >= 4 is 17.6 Å². The maximum absolute atomic E-state index is 12.2. The number of aromatic nitrogens is 3. The molecule has 0 aliphatic heterocycles. The van der Waals surface area contributed by atoms with Gasteiger partial charge in [0.1, 0.15) is 0 Å². The highest BCUT2D eigenvalue weighted by atomic mass is 16.6. The number of nitro benzene ring substituents is 1. The van der Waals surface area contributed by atoms with Gasteiger partial charge in [0.25, 0.3) is 5.69 Å². The molecule has 1 aromatic carbocycles. The standard InChI is InChI=1S/C19H16N4O7/c1-28-18(24)13-8-14(10-15(9-13)23(26)27)19(25)29-7-3-5-16-21-17(22-30-16)12-4-2-6-20-11-12/h2,4,6,8-11H,3,5,7H2,1H3. The van der Waals surface area contributed by atoms with Crippen LogP contribution in [-0.2, 0) is 15.9 Å². The van der Waals surface area contributed by atoms with Crippen LogP contribution in [0.3, 0.4) is 0 Å². The fraction of sp³-hybridized carbons (Fsp3) is 0.211. The molecule has 0 radical (unpaired) electrons. The quantitative estimate of drug-likeness (QED) is 0.234. The number of hydrogen-bond acceptors (Lipinski definition) is 10. The van der Waals surface area contributed by atoms with E-state index in [-0.39, 0.29) is 17.7 Å². The van der Waals surface area contributed by atoms with E-state index in [2.05, 4.69) is 19.9 Å². The molecule has 0 saturated heterocycles. The van der Waals surface area contributed by atoms with Gasteiger partial charge in [-0.2, -0.15) is 4.98 Å². The molecule has 0 amide bonds. The predicted octanol–water partition coefficient (Wildman–Crippen LogP) is 2.62. The minimum absolute atomic E-state index is 0.0136. The number of benzene rings is 1. The summed E-state index contributed by atoms with van der Waals surface area (Å²) in [5.41, 5.74) is 0.0540. The van der Waals surface area contributed by atoms with Crippen LogP contribution in [0.2, 0.25) is 0 Å². The summed E-state index contributed by atoms with van der Waals surface area (Å²) >= 11 is 0. The van der Waals surface area contributed by atoms with Crippen molar-refractivity contribution in [3.05, 3.63) is 69.9 Å². The van der Waals surface area contributed by atoms with Crippen LogP contribution in [0, 0.1) is 10.1 Å². The number of nitro groups is 1. The first-order chi connectivity index (χ1) is 14.5. The molecular weight excluding hydrogens is 396 g/mol. The largest absolute Gasteiger partial charge is 0.465 e. The predicted molar refractivity (Wildman–Crippen MR) is 101 cm³/mol. The highest BCUT2D eigenvalue weighted by Gasteiger charge is 2.19. The number of methoxy groups -OCH3 is 1. The molecule has 0 atom stereocenters. The van der Waals surface area contributed by atoms with Gasteiger partial charge in [-0.15, -0.1) is 0 Å². The maximum atomic E-state index is 12.2. The lowest BCUT2D eigenvalue weighted by molar-refractivity contribution is -0.384. The minimum Gasteiger partial charge on any atom is -0.465 e. The van der Waals surface area contributed by atoms with Crippen molar-refractivity contribution in [3.63, 3.8) is 0 Å². The average molecular weight is 412 g/mol. The second-order valence-electron chi connectivity index (χ2n) is 6.01. The van der Waals surface area contributed by atoms with Crippen molar-refractivity contribution in [1.29, 1.82) is 0 Å². The van der Waals surface area contributed by atoms with Gasteiger partial charge in [0.2, 0.25) is 11.7 Å². The van der Waals surface area contributed by atoms with Gasteiger partial charge in [-0.05, 0) is 24.6 Å². The molecule has 3 aromatic rings. The smallest absolute Gasteiger partial charge is 0.338 e. The first-order valence-corrected chi connectivity index (χ1v) is 8.76. The van der Waals surface area contributed by atoms with Crippen molar-refractivity contribution < 1.29 is 28.5 Å². The van der Waals surface area contributed by atoms with Gasteiger partial charge in [-0.3, -0.25) is 15.1 Å². The highest BCUT2D eigenvalue weighted by molar-refractivity contribution is 5.96. The zero-order valence-corrected chi connectivity index (χ0v) is 15.8. The summed E-state index contributed by atoms with van der Waals surface area (Å²) in [5.74, 6) is -0.825. The maximum Gasteiger partial charge on any atom is 0.338 e. The molecule has 3 rings (SSSR count). The van der Waals surface area contributed by atoms with E-state index in [4.69, 9.17) is 9.26 Å². The average Bonchev–Trinajstić information content (AvgIpc) is 3.25. The summed E-state index contributed by atoms with van der Waals surface area (Å²) in [6.07, 6.45) is 3.99. The molecule has 0 aliphatic carbocycles. The lowest BCUT2D eigenvalue weighted by Gasteiger charge is -2.06. The van der Waals surface area contributed by atoms with Crippen molar-refractivity contribution in [2.24, 2.45) is 0 Å². The molecule has 0 unspecified atom stereocenters. The Balaban J connectivity index is 1.57. The summed E-state index contributed by atoms with van der Waals surface area (Å²) < 4.78 is 14.8. The van der Waals surface area contributed by atoms with Gasteiger partial charge >= 0.3 is 11.9 Å². The zero-order chi connectivity index (χ0) is 21.5. The van der Waals surface area contributed by atoms with E-state index in [0.717, 1.165) is 19.2 Å². The van der Waals surface area contributed by atoms with Crippen LogP contribution in [0.1, 0.15) is 33.0 Å². The SMILES string of the molecule is COC(=O)c1cc(C(=O)OCCCc2nc(-c3cccnc3)no2)cc([N+](=O)[O-])c1. The van der Waals surface area contributed by atoms with Crippen molar-refractivity contribution in [3.8, 4) is 11.4 Å². The van der Waals surface area contributed by atoms with E-state index in [9.17, 15) is 19.7 Å². The van der Waals surface area contributed by atoms with E-state index in [0.29, 0.717) is 30.1 Å². The van der Waals surface area contributed by atoms with E-state index >= 15 is 0 Å². The molecule has 0 saturated carbocycles. The molecule has 11 heteroatoms. The normalized spacial score (nSPS) is 10.4. The lowest BCUT2D eigenvalue weighted by atomic mass is 10.1. The fourth-order valence-electron chi connectivity index (χ4n) is 2.51. The molecular formula is C19H16N4O7. The van der Waals surface area contributed by atoms with Crippen molar-refractivity contribution in [1.82, 2.24) is 15.1 Å².